The summed E-state index contributed by atoms with van der Waals surface area (Å²) in [5.41, 5.74) is -0.0171. The zero-order valence-electron chi connectivity index (χ0n) is 10.8. The van der Waals surface area contributed by atoms with Gasteiger partial charge in [-0.2, -0.15) is 0 Å². The van der Waals surface area contributed by atoms with Crippen molar-refractivity contribution in [2.75, 3.05) is 14.9 Å². The largest absolute Gasteiger partial charge is 0.476 e. The lowest BCUT2D eigenvalue weighted by Crippen LogP contribution is -2.51. The van der Waals surface area contributed by atoms with E-state index in [1.807, 2.05) is 0 Å². The van der Waals surface area contributed by atoms with Crippen molar-refractivity contribution >= 4 is 43.8 Å². The van der Waals surface area contributed by atoms with E-state index in [1.54, 1.807) is 32.0 Å². The summed E-state index contributed by atoms with van der Waals surface area (Å²) in [4.78, 5) is 12.0. The van der Waals surface area contributed by atoms with Crippen LogP contribution in [0.2, 0.25) is 0 Å². The van der Waals surface area contributed by atoms with Crippen LogP contribution in [0.25, 0.3) is 0 Å². The van der Waals surface area contributed by atoms with Crippen molar-refractivity contribution in [2.24, 2.45) is 0 Å². The molecule has 0 bridgehead atoms. The van der Waals surface area contributed by atoms with Gasteiger partial charge in [0.1, 0.15) is 5.75 Å². The molecule has 1 amide bonds. The van der Waals surface area contributed by atoms with Crippen LogP contribution in [0.15, 0.2) is 18.2 Å². The number of carbonyl (C=O) groups is 1. The van der Waals surface area contributed by atoms with Crippen LogP contribution >= 0.6 is 0 Å². The summed E-state index contributed by atoms with van der Waals surface area (Å²) in [7, 11) is -3.35. The highest BCUT2D eigenvalue weighted by Crippen LogP contribution is 2.38. The number of hydrogen-bond acceptors (Lipinski definition) is 4. The second-order valence-corrected chi connectivity index (χ2v) is 7.11. The first-order chi connectivity index (χ1) is 8.60. The molecule has 1 aromatic carbocycles. The van der Waals surface area contributed by atoms with Crippen molar-refractivity contribution < 1.29 is 17.9 Å². The molecule has 0 fully saturated rings. The fraction of sp³-hybridized carbons (Fsp3) is 0.364. The molecular weight excluding hydrogens is 283 g/mol. The van der Waals surface area contributed by atoms with Gasteiger partial charge in [0.15, 0.2) is 5.60 Å². The minimum absolute atomic E-state index is 0.186. The topological polar surface area (TPSA) is 75.7 Å². The molecule has 8 heteroatoms. The molecule has 1 aromatic rings. The van der Waals surface area contributed by atoms with E-state index in [-0.39, 0.29) is 5.91 Å². The number of fused-ring (bicyclic) bond motifs is 1. The Morgan fingerprint density at radius 3 is 2.58 bits per heavy atom. The number of nitrogens with one attached hydrogen (secondary N) is 1. The average Bonchev–Trinajstić information content (AvgIpc) is 2.23. The number of sulfonamides is 1. The maximum atomic E-state index is 12.0. The van der Waals surface area contributed by atoms with Crippen molar-refractivity contribution in [3.63, 3.8) is 0 Å². The molecule has 19 heavy (non-hydrogen) atoms. The van der Waals surface area contributed by atoms with E-state index in [0.29, 0.717) is 17.1 Å². The first-order valence-electron chi connectivity index (χ1n) is 5.50. The van der Waals surface area contributed by atoms with E-state index in [9.17, 15) is 13.2 Å². The summed E-state index contributed by atoms with van der Waals surface area (Å²) in [6.45, 7) is 3.32. The van der Waals surface area contributed by atoms with Gasteiger partial charge >= 0.3 is 16.5 Å². The molecule has 0 saturated heterocycles. The van der Waals surface area contributed by atoms with E-state index >= 15 is 0 Å². The summed E-state index contributed by atoms with van der Waals surface area (Å²) >= 11 is 2.34. The lowest BCUT2D eigenvalue weighted by atomic mass is 10.1. The third-order valence-electron chi connectivity index (χ3n) is 2.62. The van der Waals surface area contributed by atoms with E-state index in [1.165, 1.54) is 3.88 Å². The van der Waals surface area contributed by atoms with Crippen LogP contribution in [0.3, 0.4) is 0 Å². The Bertz CT molecular complexity index is 642. The van der Waals surface area contributed by atoms with Gasteiger partial charge in [-0.15, -0.1) is 0 Å². The van der Waals surface area contributed by atoms with Gasteiger partial charge in [0.25, 0.3) is 0 Å². The Labute approximate surface area is 120 Å². The standard InChI is InChI=1S/C11H14N2O4S.Al/c1-11(2)10(14)12-8-5-4-7(6-9(8)17-11)13-18(3,15)16;/h4-6,13H,1-3H3,(H,12,14);/q;+1/p-1. The number of nitrogens with zero attached hydrogens (tertiary/aromatic N) is 1. The van der Waals surface area contributed by atoms with Gasteiger partial charge in [-0.25, -0.2) is 8.42 Å². The second-order valence-electron chi connectivity index (χ2n) is 4.84. The highest BCUT2D eigenvalue weighted by atomic mass is 32.2. The first kappa shape index (κ1) is 14.2. The molecule has 1 aliphatic heterocycles. The number of ether oxygens (including phenoxy) is 1. The van der Waals surface area contributed by atoms with Crippen molar-refractivity contribution in [3.05, 3.63) is 18.2 Å². The Kier molecular flexibility index (Phi) is 3.29. The number of anilines is 2. The number of benzene rings is 1. The Morgan fingerprint density at radius 2 is 2.00 bits per heavy atom. The van der Waals surface area contributed by atoms with Gasteiger partial charge in [-0.1, -0.05) is 0 Å². The van der Waals surface area contributed by atoms with Crippen LogP contribution in [0.4, 0.5) is 11.4 Å². The van der Waals surface area contributed by atoms with E-state index in [4.69, 9.17) is 4.74 Å². The van der Waals surface area contributed by atoms with Gasteiger partial charge in [0, 0.05) is 6.07 Å². The van der Waals surface area contributed by atoms with E-state index in [2.05, 4.69) is 21.2 Å². The molecule has 0 spiro atoms. The van der Waals surface area contributed by atoms with Gasteiger partial charge in [-0.3, -0.25) is 9.52 Å². The molecule has 0 aromatic heterocycles. The monoisotopic (exact) mass is 296 g/mol. The Balaban J connectivity index is 2.44. The number of rotatable bonds is 2. The first-order valence-corrected chi connectivity index (χ1v) is 7.91. The third kappa shape index (κ3) is 2.86. The molecule has 0 unspecified atom stereocenters. The molecule has 2 radical (unpaired) electrons. The Hall–Kier alpha value is -1.23. The lowest BCUT2D eigenvalue weighted by molar-refractivity contribution is -0.131. The molecule has 1 heterocycles. The molecule has 0 aliphatic carbocycles. The third-order valence-corrected chi connectivity index (χ3v) is 3.74. The fourth-order valence-electron chi connectivity index (χ4n) is 1.79. The summed E-state index contributed by atoms with van der Waals surface area (Å²) in [6, 6.07) is 4.76. The van der Waals surface area contributed by atoms with Crippen LogP contribution < -0.4 is 13.3 Å². The Morgan fingerprint density at radius 1 is 1.37 bits per heavy atom. The number of hydrogen-bond donors (Lipinski definition) is 1. The average molecular weight is 296 g/mol. The van der Waals surface area contributed by atoms with Crippen LogP contribution in [-0.4, -0.2) is 42.7 Å². The van der Waals surface area contributed by atoms with Gasteiger partial charge in [-0.05, 0) is 26.0 Å². The van der Waals surface area contributed by atoms with E-state index < -0.39 is 15.6 Å². The highest BCUT2D eigenvalue weighted by Gasteiger charge is 2.38. The minimum atomic E-state index is -3.35. The fourth-order valence-corrected chi connectivity index (χ4v) is 2.87. The molecule has 6 nitrogen and oxygen atoms in total. The van der Waals surface area contributed by atoms with Crippen LogP contribution in [0.5, 0.6) is 5.75 Å². The van der Waals surface area contributed by atoms with Gasteiger partial charge in [0.2, 0.25) is 15.9 Å². The molecule has 0 saturated carbocycles. The zero-order chi connectivity index (χ0) is 14.4. The predicted octanol–water partition coefficient (Wildman–Crippen LogP) is 0.646. The predicted molar refractivity (Wildman–Crippen MR) is 72.9 cm³/mol. The second kappa shape index (κ2) is 4.41. The summed E-state index contributed by atoms with van der Waals surface area (Å²) in [5.74, 6) is 0.266. The van der Waals surface area contributed by atoms with Gasteiger partial charge < -0.3 is 8.62 Å². The quantitative estimate of drug-likeness (QED) is 0.813. The van der Waals surface area contributed by atoms with Crippen LogP contribution in [0.1, 0.15) is 13.8 Å². The molecule has 0 atom stereocenters. The normalized spacial score (nSPS) is 17.6. The SMILES string of the molecule is CC1(C)Oc2cc(NS(C)(=O)=O)ccc2[N]([Al])C1=O. The molecule has 2 rings (SSSR count). The lowest BCUT2D eigenvalue weighted by Gasteiger charge is -2.38. The minimum Gasteiger partial charge on any atom is -0.476 e. The summed E-state index contributed by atoms with van der Waals surface area (Å²) in [5, 5.41) is 0. The van der Waals surface area contributed by atoms with Crippen molar-refractivity contribution in [3.8, 4) is 5.75 Å². The maximum absolute atomic E-state index is 12.0. The van der Waals surface area contributed by atoms with Crippen molar-refractivity contribution in [2.45, 2.75) is 19.4 Å². The molecule has 100 valence electrons. The summed E-state index contributed by atoms with van der Waals surface area (Å²) in [6.07, 6.45) is 1.07. The maximum Gasteiger partial charge on any atom is 0.323 e. The van der Waals surface area contributed by atoms with Gasteiger partial charge in [0.05, 0.1) is 17.6 Å². The summed E-state index contributed by atoms with van der Waals surface area (Å²) < 4.78 is 31.8. The number of amides is 1. The van der Waals surface area contributed by atoms with Crippen LogP contribution in [-0.2, 0) is 14.8 Å². The zero-order valence-corrected chi connectivity index (χ0v) is 12.8. The van der Waals surface area contributed by atoms with Crippen molar-refractivity contribution in [1.82, 2.24) is 0 Å². The number of carbonyl (C=O) groups excluding carboxylic acids is 1. The van der Waals surface area contributed by atoms with Crippen LogP contribution in [0, 0.1) is 0 Å². The smallest absolute Gasteiger partial charge is 0.323 e. The molecule has 1 N–H and O–H groups in total. The molecule has 1 aliphatic rings. The highest BCUT2D eigenvalue weighted by molar-refractivity contribution is 7.92. The van der Waals surface area contributed by atoms with E-state index in [0.717, 1.165) is 6.26 Å². The van der Waals surface area contributed by atoms with Crippen molar-refractivity contribution in [1.29, 1.82) is 0 Å². The molecular formula is C11H13AlN2O4S.